The maximum absolute atomic E-state index is 5.44. The van der Waals surface area contributed by atoms with Gasteiger partial charge in [0, 0.05) is 57.2 Å². The van der Waals surface area contributed by atoms with Gasteiger partial charge in [0.1, 0.15) is 18.0 Å². The molecule has 2 fully saturated rings. The fraction of sp³-hybridized carbons (Fsp3) is 0.476. The minimum Gasteiger partial charge on any atom is -0.378 e. The average molecular weight is 422 g/mol. The molecule has 2 aliphatic rings. The van der Waals surface area contributed by atoms with Crippen LogP contribution < -0.4 is 14.7 Å². The lowest BCUT2D eigenvalue weighted by atomic mass is 10.3. The van der Waals surface area contributed by atoms with E-state index in [0.717, 1.165) is 87.3 Å². The topological polar surface area (TPSA) is 88.3 Å². The lowest BCUT2D eigenvalue weighted by molar-refractivity contribution is 0.122. The molecule has 10 heteroatoms. The van der Waals surface area contributed by atoms with Gasteiger partial charge >= 0.3 is 0 Å². The quantitative estimate of drug-likeness (QED) is 0.617. The molecule has 5 rings (SSSR count). The smallest absolute Gasteiger partial charge is 0.227 e. The predicted molar refractivity (Wildman–Crippen MR) is 118 cm³/mol. The van der Waals surface area contributed by atoms with Crippen molar-refractivity contribution in [1.29, 1.82) is 0 Å². The van der Waals surface area contributed by atoms with E-state index in [9.17, 15) is 0 Å². The number of morpholine rings is 1. The van der Waals surface area contributed by atoms with Gasteiger partial charge in [0.2, 0.25) is 5.95 Å². The predicted octanol–water partition coefficient (Wildman–Crippen LogP) is 1.23. The Morgan fingerprint density at radius 1 is 0.774 bits per heavy atom. The van der Waals surface area contributed by atoms with Crippen LogP contribution >= 0.6 is 0 Å². The van der Waals surface area contributed by atoms with Crippen LogP contribution in [0.3, 0.4) is 0 Å². The van der Waals surface area contributed by atoms with Crippen molar-refractivity contribution in [3.05, 3.63) is 42.1 Å². The molecule has 0 unspecified atom stereocenters. The molecule has 31 heavy (non-hydrogen) atoms. The third-order valence-electron chi connectivity index (χ3n) is 5.71. The Morgan fingerprint density at radius 3 is 2.19 bits per heavy atom. The van der Waals surface area contributed by atoms with Crippen molar-refractivity contribution in [2.45, 2.75) is 13.8 Å². The summed E-state index contributed by atoms with van der Waals surface area (Å²) in [5.41, 5.74) is 2.04. The first-order chi connectivity index (χ1) is 15.2. The molecule has 2 saturated heterocycles. The third kappa shape index (κ3) is 4.15. The van der Waals surface area contributed by atoms with Crippen LogP contribution in [-0.4, -0.2) is 82.2 Å². The van der Waals surface area contributed by atoms with Gasteiger partial charge in [-0.2, -0.15) is 10.1 Å². The Kier molecular flexibility index (Phi) is 5.37. The molecule has 0 spiro atoms. The van der Waals surface area contributed by atoms with Crippen LogP contribution in [0.2, 0.25) is 0 Å². The first-order valence-corrected chi connectivity index (χ1v) is 10.7. The average Bonchev–Trinajstić information content (AvgIpc) is 3.18. The highest BCUT2D eigenvalue weighted by atomic mass is 16.5. The second kappa shape index (κ2) is 8.46. The number of piperazine rings is 1. The highest BCUT2D eigenvalue weighted by Gasteiger charge is 2.21. The highest BCUT2D eigenvalue weighted by Crippen LogP contribution is 2.21. The van der Waals surface area contributed by atoms with E-state index in [0.29, 0.717) is 0 Å². The van der Waals surface area contributed by atoms with Crippen LogP contribution in [-0.2, 0) is 4.74 Å². The van der Waals surface area contributed by atoms with Crippen molar-refractivity contribution in [3.63, 3.8) is 0 Å². The molecule has 0 aliphatic carbocycles. The Morgan fingerprint density at radius 2 is 1.48 bits per heavy atom. The molecule has 3 aromatic heterocycles. The number of nitrogens with zero attached hydrogens (tertiary/aromatic N) is 9. The summed E-state index contributed by atoms with van der Waals surface area (Å²) >= 11 is 0. The molecule has 10 nitrogen and oxygen atoms in total. The number of aryl methyl sites for hydroxylation is 2. The summed E-state index contributed by atoms with van der Waals surface area (Å²) in [7, 11) is 0. The molecule has 0 bridgehead atoms. The van der Waals surface area contributed by atoms with Crippen LogP contribution in [0.25, 0.3) is 5.82 Å². The summed E-state index contributed by atoms with van der Waals surface area (Å²) in [6.45, 7) is 10.6. The molecule has 2 aliphatic heterocycles. The van der Waals surface area contributed by atoms with E-state index in [4.69, 9.17) is 9.72 Å². The number of ether oxygens (including phenoxy) is 1. The number of aromatic nitrogens is 6. The highest BCUT2D eigenvalue weighted by molar-refractivity contribution is 5.49. The summed E-state index contributed by atoms with van der Waals surface area (Å²) in [6, 6.07) is 6.05. The van der Waals surface area contributed by atoms with Crippen LogP contribution in [0, 0.1) is 13.8 Å². The van der Waals surface area contributed by atoms with Gasteiger partial charge in [-0.1, -0.05) is 0 Å². The summed E-state index contributed by atoms with van der Waals surface area (Å²) in [6.07, 6.45) is 3.47. The third-order valence-corrected chi connectivity index (χ3v) is 5.71. The zero-order valence-corrected chi connectivity index (χ0v) is 18.0. The molecule has 0 amide bonds. The van der Waals surface area contributed by atoms with Gasteiger partial charge in [-0.15, -0.1) is 0 Å². The maximum atomic E-state index is 5.44. The van der Waals surface area contributed by atoms with E-state index >= 15 is 0 Å². The summed E-state index contributed by atoms with van der Waals surface area (Å²) in [5.74, 6) is 3.48. The molecule has 0 radical (unpaired) electrons. The van der Waals surface area contributed by atoms with E-state index in [2.05, 4.69) is 34.8 Å². The SMILES string of the molecule is Cc1cc(C)n(-c2cc(N3CCN(c4ccnc(N5CCOCC5)n4)CC3)ncn2)n1. The molecular weight excluding hydrogens is 394 g/mol. The van der Waals surface area contributed by atoms with Crippen molar-refractivity contribution in [1.82, 2.24) is 29.7 Å². The molecule has 162 valence electrons. The summed E-state index contributed by atoms with van der Waals surface area (Å²) in [4.78, 5) is 25.0. The van der Waals surface area contributed by atoms with E-state index in [-0.39, 0.29) is 0 Å². The second-order valence-corrected chi connectivity index (χ2v) is 7.86. The van der Waals surface area contributed by atoms with Gasteiger partial charge in [0.05, 0.1) is 18.9 Å². The molecular formula is C21H27N9O. The lowest BCUT2D eigenvalue weighted by Crippen LogP contribution is -2.47. The Labute approximate surface area is 181 Å². The van der Waals surface area contributed by atoms with Gasteiger partial charge < -0.3 is 19.4 Å². The zero-order chi connectivity index (χ0) is 21.2. The minimum absolute atomic E-state index is 0.727. The molecule has 5 heterocycles. The Hall–Kier alpha value is -3.27. The van der Waals surface area contributed by atoms with Crippen molar-refractivity contribution < 1.29 is 4.74 Å². The largest absolute Gasteiger partial charge is 0.378 e. The number of anilines is 3. The fourth-order valence-electron chi connectivity index (χ4n) is 4.08. The van der Waals surface area contributed by atoms with Gasteiger partial charge in [-0.25, -0.2) is 19.6 Å². The number of rotatable bonds is 4. The van der Waals surface area contributed by atoms with Crippen molar-refractivity contribution in [2.24, 2.45) is 0 Å². The van der Waals surface area contributed by atoms with Crippen LogP contribution in [0.4, 0.5) is 17.6 Å². The first kappa shape index (κ1) is 19.7. The van der Waals surface area contributed by atoms with Crippen molar-refractivity contribution >= 4 is 17.6 Å². The molecule has 0 saturated carbocycles. The zero-order valence-electron chi connectivity index (χ0n) is 18.0. The van der Waals surface area contributed by atoms with Crippen LogP contribution in [0.5, 0.6) is 0 Å². The van der Waals surface area contributed by atoms with E-state index < -0.39 is 0 Å². The van der Waals surface area contributed by atoms with Gasteiger partial charge in [-0.3, -0.25) is 0 Å². The van der Waals surface area contributed by atoms with Gasteiger partial charge in [-0.05, 0) is 26.0 Å². The normalized spacial score (nSPS) is 17.3. The van der Waals surface area contributed by atoms with Crippen molar-refractivity contribution in [2.75, 3.05) is 67.2 Å². The summed E-state index contributed by atoms with van der Waals surface area (Å²) < 4.78 is 7.30. The monoisotopic (exact) mass is 421 g/mol. The Bertz CT molecular complexity index is 1040. The second-order valence-electron chi connectivity index (χ2n) is 7.86. The van der Waals surface area contributed by atoms with Gasteiger partial charge in [0.15, 0.2) is 5.82 Å². The van der Waals surface area contributed by atoms with Gasteiger partial charge in [0.25, 0.3) is 0 Å². The summed E-state index contributed by atoms with van der Waals surface area (Å²) in [5, 5.41) is 4.54. The molecule has 3 aromatic rings. The molecule has 0 N–H and O–H groups in total. The lowest BCUT2D eigenvalue weighted by Gasteiger charge is -2.36. The first-order valence-electron chi connectivity index (χ1n) is 10.7. The molecule has 0 aromatic carbocycles. The number of hydrogen-bond acceptors (Lipinski definition) is 9. The minimum atomic E-state index is 0.727. The van der Waals surface area contributed by atoms with Crippen molar-refractivity contribution in [3.8, 4) is 5.82 Å². The van der Waals surface area contributed by atoms with Crippen LogP contribution in [0.15, 0.2) is 30.7 Å². The van der Waals surface area contributed by atoms with Crippen LogP contribution in [0.1, 0.15) is 11.4 Å². The number of hydrogen-bond donors (Lipinski definition) is 0. The van der Waals surface area contributed by atoms with E-state index in [1.807, 2.05) is 42.9 Å². The maximum Gasteiger partial charge on any atom is 0.227 e. The standard InChI is InChI=1S/C21H27N9O/c1-16-13-17(2)30(26-16)20-14-19(23-15-24-20)28-7-5-27(6-8-28)18-3-4-22-21(25-18)29-9-11-31-12-10-29/h3-4,13-15H,5-12H2,1-2H3. The Balaban J connectivity index is 1.27. The van der Waals surface area contributed by atoms with E-state index in [1.54, 1.807) is 6.33 Å². The van der Waals surface area contributed by atoms with E-state index in [1.165, 1.54) is 0 Å². The molecule has 0 atom stereocenters. The fourth-order valence-corrected chi connectivity index (χ4v) is 4.08.